The first-order chi connectivity index (χ1) is 9.25. The summed E-state index contributed by atoms with van der Waals surface area (Å²) in [5, 5.41) is 0. The van der Waals surface area contributed by atoms with Gasteiger partial charge in [0.25, 0.3) is 5.56 Å². The smallest absolute Gasteiger partial charge is 0.275 e. The topological polar surface area (TPSA) is 26.9 Å². The lowest BCUT2D eigenvalue weighted by Crippen LogP contribution is -2.21. The van der Waals surface area contributed by atoms with Gasteiger partial charge in [-0.1, -0.05) is 32.0 Å². The van der Waals surface area contributed by atoms with Gasteiger partial charge in [-0.25, -0.2) is 4.68 Å². The lowest BCUT2D eigenvalue weighted by Gasteiger charge is -2.07. The number of hydrogen-bond donors (Lipinski definition) is 0. The Hall–Kier alpha value is -1.77. The molecular formula is C14H18N2O. The van der Waals surface area contributed by atoms with Crippen LogP contribution in [0.25, 0.3) is 5.69 Å². The predicted molar refractivity (Wildman–Crippen MR) is 69.8 cm³/mol. The minimum absolute atomic E-state index is 0.0268. The second-order valence-electron chi connectivity index (χ2n) is 4.42. The number of nitrogens with zero attached hydrogens (tertiary/aromatic N) is 2. The zero-order valence-corrected chi connectivity index (χ0v) is 10.3. The van der Waals surface area contributed by atoms with E-state index >= 15 is 0 Å². The molecule has 2 aromatic rings. The molecule has 0 atom stereocenters. The minimum Gasteiger partial charge on any atom is -0.285 e. The number of hydrogen-bond acceptors (Lipinski definition) is 1. The fourth-order valence-electron chi connectivity index (χ4n) is 2.09. The first-order valence-electron chi connectivity index (χ1n) is 7.15. The molecule has 0 aliphatic carbocycles. The summed E-state index contributed by atoms with van der Waals surface area (Å²) in [6, 6.07) is 8.85. The molecule has 3 heteroatoms. The second kappa shape index (κ2) is 4.24. The van der Waals surface area contributed by atoms with Crippen LogP contribution in [0, 0.1) is 6.92 Å². The van der Waals surface area contributed by atoms with E-state index in [0.717, 1.165) is 4.68 Å². The molecule has 1 aromatic carbocycles. The fraction of sp³-hybridized carbons (Fsp3) is 0.357. The van der Waals surface area contributed by atoms with Crippen LogP contribution in [0.5, 0.6) is 0 Å². The molecule has 0 spiro atoms. The Bertz CT molecular complexity index is 666. The van der Waals surface area contributed by atoms with Crippen LogP contribution < -0.4 is 5.56 Å². The first kappa shape index (κ1) is 8.34. The Kier molecular flexibility index (Phi) is 2.08. The highest BCUT2D eigenvalue weighted by Crippen LogP contribution is 2.17. The Morgan fingerprint density at radius 2 is 1.88 bits per heavy atom. The van der Waals surface area contributed by atoms with E-state index in [4.69, 9.17) is 4.11 Å². The number of rotatable bonds is 2. The van der Waals surface area contributed by atoms with Crippen LogP contribution in [-0.2, 0) is 6.98 Å². The highest BCUT2D eigenvalue weighted by atomic mass is 16.1. The summed E-state index contributed by atoms with van der Waals surface area (Å²) in [7, 11) is 0. The predicted octanol–water partition coefficient (Wildman–Crippen LogP) is 2.61. The molecule has 0 N–H and O–H groups in total. The molecule has 1 aromatic heterocycles. The van der Waals surface area contributed by atoms with Crippen LogP contribution in [0.1, 0.15) is 35.1 Å². The van der Waals surface area contributed by atoms with Gasteiger partial charge in [-0.15, -0.1) is 0 Å². The molecule has 0 aliphatic heterocycles. The molecule has 1 heterocycles. The number of aromatic nitrogens is 2. The molecule has 0 saturated carbocycles. The van der Waals surface area contributed by atoms with Crippen molar-refractivity contribution in [2.75, 3.05) is 0 Å². The molecule has 90 valence electrons. The van der Waals surface area contributed by atoms with E-state index in [0.29, 0.717) is 16.9 Å². The van der Waals surface area contributed by atoms with Crippen LogP contribution in [0.15, 0.2) is 35.1 Å². The summed E-state index contributed by atoms with van der Waals surface area (Å²) < 4.78 is 25.4. The monoisotopic (exact) mass is 233 g/mol. The molecule has 0 bridgehead atoms. The summed E-state index contributed by atoms with van der Waals surface area (Å²) in [6.07, 6.45) is 0. The van der Waals surface area contributed by atoms with E-state index in [9.17, 15) is 4.79 Å². The van der Waals surface area contributed by atoms with E-state index in [1.165, 1.54) is 4.68 Å². The lowest BCUT2D eigenvalue weighted by atomic mass is 10.0. The highest BCUT2D eigenvalue weighted by molar-refractivity contribution is 5.34. The van der Waals surface area contributed by atoms with E-state index < -0.39 is 6.98 Å². The van der Waals surface area contributed by atoms with Crippen molar-refractivity contribution in [1.29, 1.82) is 0 Å². The fourth-order valence-corrected chi connectivity index (χ4v) is 2.09. The third-order valence-electron chi connectivity index (χ3n) is 2.91. The molecule has 0 amide bonds. The molecule has 2 rings (SSSR count). The number of para-hydroxylation sites is 1. The third-order valence-corrected chi connectivity index (χ3v) is 2.91. The standard InChI is InChI=1S/C14H18N2O/c1-10(2)13-11(3)15(4)16(14(13)17)12-8-6-5-7-9-12/h5-10H,1-4H3/i4D3. The average Bonchev–Trinajstić information content (AvgIpc) is 2.61. The Labute approximate surface area is 106 Å². The van der Waals surface area contributed by atoms with Crippen molar-refractivity contribution in [2.45, 2.75) is 26.7 Å². The highest BCUT2D eigenvalue weighted by Gasteiger charge is 2.17. The molecular weight excluding hydrogens is 212 g/mol. The van der Waals surface area contributed by atoms with Crippen LogP contribution in [-0.4, -0.2) is 9.36 Å². The number of benzene rings is 1. The lowest BCUT2D eigenvalue weighted by molar-refractivity contribution is 0.630. The summed E-state index contributed by atoms with van der Waals surface area (Å²) in [6.45, 7) is 3.07. The van der Waals surface area contributed by atoms with Gasteiger partial charge in [0.15, 0.2) is 0 Å². The van der Waals surface area contributed by atoms with Gasteiger partial charge in [-0.2, -0.15) is 0 Å². The third kappa shape index (κ3) is 1.82. The zero-order valence-electron chi connectivity index (χ0n) is 13.3. The van der Waals surface area contributed by atoms with Crippen molar-refractivity contribution in [1.82, 2.24) is 9.36 Å². The Morgan fingerprint density at radius 3 is 2.41 bits per heavy atom. The van der Waals surface area contributed by atoms with Gasteiger partial charge >= 0.3 is 0 Å². The van der Waals surface area contributed by atoms with Crippen LogP contribution >= 0.6 is 0 Å². The van der Waals surface area contributed by atoms with Crippen molar-refractivity contribution in [3.05, 3.63) is 51.9 Å². The first-order valence-corrected chi connectivity index (χ1v) is 5.65. The molecule has 0 radical (unpaired) electrons. The summed E-state index contributed by atoms with van der Waals surface area (Å²) in [5.74, 6) is -0.0268. The maximum absolute atomic E-state index is 12.6. The normalized spacial score (nSPS) is 14.5. The quantitative estimate of drug-likeness (QED) is 0.783. The van der Waals surface area contributed by atoms with Crippen molar-refractivity contribution in [3.8, 4) is 5.69 Å². The Morgan fingerprint density at radius 1 is 1.24 bits per heavy atom. The SMILES string of the molecule is [2H]C([2H])([2H])n1c(C)c(C(C)C)c(=O)n1-c1ccccc1. The minimum atomic E-state index is -2.40. The maximum atomic E-state index is 12.6. The molecule has 0 saturated heterocycles. The van der Waals surface area contributed by atoms with Crippen LogP contribution in [0.2, 0.25) is 0 Å². The van der Waals surface area contributed by atoms with Gasteiger partial charge in [0.05, 0.1) is 5.69 Å². The van der Waals surface area contributed by atoms with Crippen molar-refractivity contribution >= 4 is 0 Å². The molecule has 0 fully saturated rings. The van der Waals surface area contributed by atoms with Gasteiger partial charge in [-0.3, -0.25) is 9.48 Å². The zero-order chi connectivity index (χ0) is 15.1. The average molecular weight is 233 g/mol. The van der Waals surface area contributed by atoms with E-state index in [1.807, 2.05) is 19.9 Å². The molecule has 3 nitrogen and oxygen atoms in total. The molecule has 0 aliphatic rings. The van der Waals surface area contributed by atoms with Crippen molar-refractivity contribution < 1.29 is 4.11 Å². The largest absolute Gasteiger partial charge is 0.285 e. The molecule has 17 heavy (non-hydrogen) atoms. The maximum Gasteiger partial charge on any atom is 0.275 e. The van der Waals surface area contributed by atoms with E-state index in [2.05, 4.69) is 0 Å². The summed E-state index contributed by atoms with van der Waals surface area (Å²) >= 11 is 0. The van der Waals surface area contributed by atoms with Gasteiger partial charge in [0.2, 0.25) is 0 Å². The summed E-state index contributed by atoms with van der Waals surface area (Å²) in [5.41, 5.74) is 1.34. The van der Waals surface area contributed by atoms with Crippen molar-refractivity contribution in [2.24, 2.45) is 6.98 Å². The van der Waals surface area contributed by atoms with Gasteiger partial charge in [-0.05, 0) is 25.0 Å². The second-order valence-corrected chi connectivity index (χ2v) is 4.42. The van der Waals surface area contributed by atoms with E-state index in [1.54, 1.807) is 31.2 Å². The Balaban J connectivity index is 2.86. The van der Waals surface area contributed by atoms with Gasteiger partial charge in [0, 0.05) is 22.3 Å². The van der Waals surface area contributed by atoms with Gasteiger partial charge in [0.1, 0.15) is 0 Å². The van der Waals surface area contributed by atoms with Crippen molar-refractivity contribution in [3.63, 3.8) is 0 Å². The molecule has 0 unspecified atom stereocenters. The summed E-state index contributed by atoms with van der Waals surface area (Å²) in [4.78, 5) is 12.6. The van der Waals surface area contributed by atoms with Gasteiger partial charge < -0.3 is 0 Å². The van der Waals surface area contributed by atoms with Crippen LogP contribution in [0.4, 0.5) is 0 Å². The van der Waals surface area contributed by atoms with E-state index in [-0.39, 0.29) is 11.5 Å². The van der Waals surface area contributed by atoms with Crippen LogP contribution in [0.3, 0.4) is 0 Å².